The zero-order chi connectivity index (χ0) is 25.1. The average molecular weight is 463 g/mol. The van der Waals surface area contributed by atoms with Gasteiger partial charge < -0.3 is 10.6 Å². The number of nitrogens with zero attached hydrogens (tertiary/aromatic N) is 3. The van der Waals surface area contributed by atoms with E-state index in [9.17, 15) is 0 Å². The van der Waals surface area contributed by atoms with Crippen LogP contribution in [0.15, 0.2) is 71.7 Å². The smallest absolute Gasteiger partial charge is 0.0816 e. The van der Waals surface area contributed by atoms with E-state index in [1.165, 1.54) is 39.1 Å². The first kappa shape index (κ1) is 24.2. The quantitative estimate of drug-likeness (QED) is 0.237. The fourth-order valence-electron chi connectivity index (χ4n) is 4.94. The molecule has 0 aliphatic rings. The Bertz CT molecular complexity index is 1360. The molecule has 4 aromatic rings. The molecular weight excluding hydrogens is 428 g/mol. The first-order chi connectivity index (χ1) is 16.7. The number of aliphatic imine (C=N–C) groups is 1. The van der Waals surface area contributed by atoms with Gasteiger partial charge in [-0.15, -0.1) is 0 Å². The van der Waals surface area contributed by atoms with Crippen LogP contribution in [0.25, 0.3) is 0 Å². The summed E-state index contributed by atoms with van der Waals surface area (Å²) in [7, 11) is 0. The van der Waals surface area contributed by atoms with Gasteiger partial charge >= 0.3 is 0 Å². The van der Waals surface area contributed by atoms with Gasteiger partial charge in [0.2, 0.25) is 0 Å². The van der Waals surface area contributed by atoms with Crippen LogP contribution in [-0.4, -0.2) is 11.2 Å². The molecule has 0 saturated heterocycles. The fraction of sp³-hybridized carbons (Fsp3) is 0.226. The molecule has 4 nitrogen and oxygen atoms in total. The molecule has 0 amide bonds. The van der Waals surface area contributed by atoms with Crippen LogP contribution in [0, 0.1) is 41.5 Å². The van der Waals surface area contributed by atoms with E-state index in [2.05, 4.69) is 82.8 Å². The van der Waals surface area contributed by atoms with E-state index in [1.807, 2.05) is 36.5 Å². The Morgan fingerprint density at radius 1 is 0.771 bits per heavy atom. The number of nitrogen functional groups attached to an aromatic ring is 1. The van der Waals surface area contributed by atoms with Crippen LogP contribution in [0.1, 0.15) is 44.8 Å². The van der Waals surface area contributed by atoms with E-state index in [0.29, 0.717) is 6.54 Å². The summed E-state index contributed by atoms with van der Waals surface area (Å²) in [6, 6.07) is 22.9. The van der Waals surface area contributed by atoms with E-state index in [1.54, 1.807) is 0 Å². The Hall–Kier alpha value is -3.92. The summed E-state index contributed by atoms with van der Waals surface area (Å²) >= 11 is 0. The molecular formula is C31H34N4. The number of nitrogens with two attached hydrogens (primary N) is 1. The van der Waals surface area contributed by atoms with Gasteiger partial charge in [0.1, 0.15) is 0 Å². The molecule has 0 unspecified atom stereocenters. The molecule has 0 fully saturated rings. The second kappa shape index (κ2) is 10.1. The highest BCUT2D eigenvalue weighted by molar-refractivity contribution is 5.81. The number of hydrogen-bond acceptors (Lipinski definition) is 4. The number of hydrogen-bond donors (Lipinski definition) is 1. The Kier molecular flexibility index (Phi) is 7.02. The molecule has 4 rings (SSSR count). The first-order valence-corrected chi connectivity index (χ1v) is 12.0. The summed E-state index contributed by atoms with van der Waals surface area (Å²) in [5.74, 6) is 0. The lowest BCUT2D eigenvalue weighted by Crippen LogP contribution is -2.21. The summed E-state index contributed by atoms with van der Waals surface area (Å²) in [4.78, 5) is 12.0. The molecule has 4 heteroatoms. The van der Waals surface area contributed by atoms with Crippen molar-refractivity contribution >= 4 is 29.0 Å². The summed E-state index contributed by atoms with van der Waals surface area (Å²) < 4.78 is 0. The van der Waals surface area contributed by atoms with Crippen molar-refractivity contribution in [2.75, 3.05) is 10.6 Å². The van der Waals surface area contributed by atoms with Crippen molar-refractivity contribution in [1.29, 1.82) is 0 Å². The topological polar surface area (TPSA) is 54.5 Å². The Balaban J connectivity index is 1.71. The summed E-state index contributed by atoms with van der Waals surface area (Å²) in [6.45, 7) is 13.4. The van der Waals surface area contributed by atoms with Crippen molar-refractivity contribution in [1.82, 2.24) is 4.98 Å². The second-order valence-electron chi connectivity index (χ2n) is 9.45. The minimum absolute atomic E-state index is 0.600. The molecule has 1 heterocycles. The van der Waals surface area contributed by atoms with Crippen LogP contribution in [-0.2, 0) is 6.54 Å². The first-order valence-electron chi connectivity index (χ1n) is 12.0. The zero-order valence-corrected chi connectivity index (χ0v) is 21.6. The standard InChI is InChI=1S/C31H34N4/c1-20-14-22(3)30(23(4)15-20)33-18-26-10-9-11-27(34-26)19-35(29-13-8-7-12-28(29)32)31-24(5)16-21(2)17-25(31)6/h7-18H,19,32H2,1-6H3. The molecule has 2 N–H and O–H groups in total. The number of benzene rings is 3. The molecule has 0 aliphatic heterocycles. The summed E-state index contributed by atoms with van der Waals surface area (Å²) in [5, 5.41) is 0. The van der Waals surface area contributed by atoms with Gasteiger partial charge in [-0.3, -0.25) is 4.99 Å². The molecule has 35 heavy (non-hydrogen) atoms. The fourth-order valence-corrected chi connectivity index (χ4v) is 4.94. The van der Waals surface area contributed by atoms with Crippen molar-refractivity contribution in [3.8, 4) is 0 Å². The highest BCUT2D eigenvalue weighted by atomic mass is 15.2. The van der Waals surface area contributed by atoms with Gasteiger partial charge in [0.25, 0.3) is 0 Å². The number of aryl methyl sites for hydroxylation is 6. The second-order valence-corrected chi connectivity index (χ2v) is 9.45. The highest BCUT2D eigenvalue weighted by Crippen LogP contribution is 2.36. The Morgan fingerprint density at radius 3 is 2.00 bits per heavy atom. The number of anilines is 3. The van der Waals surface area contributed by atoms with Gasteiger partial charge in [-0.05, 0) is 88.1 Å². The van der Waals surface area contributed by atoms with Gasteiger partial charge in [0.05, 0.1) is 41.2 Å². The van der Waals surface area contributed by atoms with Gasteiger partial charge in [-0.25, -0.2) is 4.98 Å². The monoisotopic (exact) mass is 462 g/mol. The summed E-state index contributed by atoms with van der Waals surface area (Å²) in [6.07, 6.45) is 1.86. The average Bonchev–Trinajstić information content (AvgIpc) is 2.78. The predicted molar refractivity (Wildman–Crippen MR) is 149 cm³/mol. The Morgan fingerprint density at radius 2 is 1.37 bits per heavy atom. The number of pyridine rings is 1. The van der Waals surface area contributed by atoms with Crippen LogP contribution >= 0.6 is 0 Å². The van der Waals surface area contributed by atoms with Gasteiger partial charge in [0, 0.05) is 5.69 Å². The van der Waals surface area contributed by atoms with Crippen LogP contribution in [0.2, 0.25) is 0 Å². The van der Waals surface area contributed by atoms with Crippen molar-refractivity contribution in [3.05, 3.63) is 111 Å². The molecule has 3 aromatic carbocycles. The number of rotatable bonds is 6. The number of para-hydroxylation sites is 2. The van der Waals surface area contributed by atoms with Gasteiger partial charge in [-0.1, -0.05) is 53.6 Å². The third-order valence-electron chi connectivity index (χ3n) is 6.24. The van der Waals surface area contributed by atoms with E-state index in [-0.39, 0.29) is 0 Å². The maximum Gasteiger partial charge on any atom is 0.0816 e. The molecule has 0 saturated carbocycles. The zero-order valence-electron chi connectivity index (χ0n) is 21.6. The normalized spacial score (nSPS) is 11.3. The van der Waals surface area contributed by atoms with Crippen molar-refractivity contribution in [3.63, 3.8) is 0 Å². The third kappa shape index (κ3) is 5.43. The molecule has 1 aromatic heterocycles. The van der Waals surface area contributed by atoms with Crippen LogP contribution < -0.4 is 10.6 Å². The lowest BCUT2D eigenvalue weighted by Gasteiger charge is -2.29. The van der Waals surface area contributed by atoms with E-state index in [0.717, 1.165) is 28.5 Å². The largest absolute Gasteiger partial charge is 0.397 e. The predicted octanol–water partition coefficient (Wildman–Crippen LogP) is 7.60. The van der Waals surface area contributed by atoms with E-state index >= 15 is 0 Å². The van der Waals surface area contributed by atoms with Gasteiger partial charge in [-0.2, -0.15) is 0 Å². The van der Waals surface area contributed by atoms with Crippen LogP contribution in [0.3, 0.4) is 0 Å². The molecule has 0 atom stereocenters. The molecule has 0 aliphatic carbocycles. The Labute approximate surface area is 209 Å². The lowest BCUT2D eigenvalue weighted by molar-refractivity contribution is 0.916. The maximum absolute atomic E-state index is 6.44. The SMILES string of the molecule is Cc1cc(C)c(N=Cc2cccc(CN(c3ccccc3N)c3c(C)cc(C)cc3C)n2)c(C)c1. The highest BCUT2D eigenvalue weighted by Gasteiger charge is 2.18. The molecule has 0 radical (unpaired) electrons. The minimum atomic E-state index is 0.600. The van der Waals surface area contributed by atoms with E-state index < -0.39 is 0 Å². The van der Waals surface area contributed by atoms with Crippen molar-refractivity contribution < 1.29 is 0 Å². The minimum Gasteiger partial charge on any atom is -0.397 e. The maximum atomic E-state index is 6.44. The van der Waals surface area contributed by atoms with Crippen LogP contribution in [0.5, 0.6) is 0 Å². The van der Waals surface area contributed by atoms with Crippen molar-refractivity contribution in [2.24, 2.45) is 4.99 Å². The summed E-state index contributed by atoms with van der Waals surface area (Å²) in [5.41, 5.74) is 19.4. The van der Waals surface area contributed by atoms with Gasteiger partial charge in [0.15, 0.2) is 0 Å². The molecule has 178 valence electrons. The lowest BCUT2D eigenvalue weighted by atomic mass is 10.0. The van der Waals surface area contributed by atoms with Crippen molar-refractivity contribution in [2.45, 2.75) is 48.1 Å². The molecule has 0 spiro atoms. The molecule has 0 bridgehead atoms. The van der Waals surface area contributed by atoms with Crippen LogP contribution in [0.4, 0.5) is 22.7 Å². The van der Waals surface area contributed by atoms with E-state index in [4.69, 9.17) is 15.7 Å². The third-order valence-corrected chi connectivity index (χ3v) is 6.24. The number of aromatic nitrogens is 1.